The van der Waals surface area contributed by atoms with Crippen molar-refractivity contribution in [3.63, 3.8) is 0 Å². The third-order valence-electron chi connectivity index (χ3n) is 3.56. The van der Waals surface area contributed by atoms with E-state index in [1.807, 2.05) is 31.2 Å². The molecule has 0 aliphatic carbocycles. The molecule has 1 aromatic heterocycles. The zero-order chi connectivity index (χ0) is 14.8. The molecule has 1 fully saturated rings. The van der Waals surface area contributed by atoms with E-state index in [1.165, 1.54) is 17.3 Å². The van der Waals surface area contributed by atoms with Crippen molar-refractivity contribution in [1.82, 2.24) is 14.9 Å². The first-order valence-corrected chi connectivity index (χ1v) is 6.66. The van der Waals surface area contributed by atoms with Gasteiger partial charge in [0.2, 0.25) is 11.8 Å². The van der Waals surface area contributed by atoms with Crippen LogP contribution in [0.3, 0.4) is 0 Å². The summed E-state index contributed by atoms with van der Waals surface area (Å²) in [6, 6.07) is 7.66. The fraction of sp³-hybridized carbons (Fsp3) is 0.286. The molecule has 7 nitrogen and oxygen atoms in total. The summed E-state index contributed by atoms with van der Waals surface area (Å²) in [5, 5.41) is 7.22. The average Bonchev–Trinajstić information content (AvgIpc) is 3.09. The SMILES string of the molecule is Cc1ccccc1N1CC(C(=O)Nn2cnnc2)CC1=O. The zero-order valence-corrected chi connectivity index (χ0v) is 11.6. The van der Waals surface area contributed by atoms with E-state index >= 15 is 0 Å². The lowest BCUT2D eigenvalue weighted by atomic mass is 10.1. The monoisotopic (exact) mass is 285 g/mol. The summed E-state index contributed by atoms with van der Waals surface area (Å²) in [7, 11) is 0. The van der Waals surface area contributed by atoms with Gasteiger partial charge in [0.15, 0.2) is 0 Å². The largest absolute Gasteiger partial charge is 0.311 e. The van der Waals surface area contributed by atoms with Gasteiger partial charge >= 0.3 is 0 Å². The first kappa shape index (κ1) is 13.3. The molecule has 0 spiro atoms. The summed E-state index contributed by atoms with van der Waals surface area (Å²) < 4.78 is 1.38. The van der Waals surface area contributed by atoms with Crippen molar-refractivity contribution in [2.45, 2.75) is 13.3 Å². The molecule has 108 valence electrons. The Balaban J connectivity index is 1.73. The van der Waals surface area contributed by atoms with Crippen molar-refractivity contribution in [1.29, 1.82) is 0 Å². The van der Waals surface area contributed by atoms with Crippen molar-refractivity contribution in [3.05, 3.63) is 42.5 Å². The van der Waals surface area contributed by atoms with Crippen LogP contribution in [0.4, 0.5) is 5.69 Å². The molecular formula is C14H15N5O2. The quantitative estimate of drug-likeness (QED) is 0.900. The zero-order valence-electron chi connectivity index (χ0n) is 11.6. The van der Waals surface area contributed by atoms with Crippen LogP contribution < -0.4 is 10.3 Å². The van der Waals surface area contributed by atoms with Gasteiger partial charge < -0.3 is 4.90 Å². The Hall–Kier alpha value is -2.70. The van der Waals surface area contributed by atoms with E-state index < -0.39 is 0 Å². The van der Waals surface area contributed by atoms with Crippen LogP contribution in [0.1, 0.15) is 12.0 Å². The summed E-state index contributed by atoms with van der Waals surface area (Å²) in [5.41, 5.74) is 4.53. The highest BCUT2D eigenvalue weighted by Gasteiger charge is 2.35. The lowest BCUT2D eigenvalue weighted by Gasteiger charge is -2.18. The molecule has 3 rings (SSSR count). The number of amides is 2. The van der Waals surface area contributed by atoms with Gasteiger partial charge in [0, 0.05) is 18.7 Å². The molecule has 21 heavy (non-hydrogen) atoms. The molecule has 1 aromatic carbocycles. The summed E-state index contributed by atoms with van der Waals surface area (Å²) in [6.45, 7) is 2.34. The highest BCUT2D eigenvalue weighted by atomic mass is 16.2. The molecule has 1 unspecified atom stereocenters. The van der Waals surface area contributed by atoms with Gasteiger partial charge in [-0.05, 0) is 18.6 Å². The van der Waals surface area contributed by atoms with E-state index in [9.17, 15) is 9.59 Å². The Kier molecular flexibility index (Phi) is 3.39. The van der Waals surface area contributed by atoms with Gasteiger partial charge in [-0.15, -0.1) is 10.2 Å². The lowest BCUT2D eigenvalue weighted by Crippen LogP contribution is -2.31. The number of carbonyl (C=O) groups excluding carboxylic acids is 2. The second kappa shape index (κ2) is 5.35. The molecule has 1 aliphatic rings. The van der Waals surface area contributed by atoms with E-state index in [4.69, 9.17) is 0 Å². The van der Waals surface area contributed by atoms with E-state index in [-0.39, 0.29) is 24.2 Å². The molecule has 1 N–H and O–H groups in total. The molecule has 2 amide bonds. The number of benzene rings is 1. The first-order chi connectivity index (χ1) is 10.1. The van der Waals surface area contributed by atoms with Crippen LogP contribution in [-0.2, 0) is 9.59 Å². The number of para-hydroxylation sites is 1. The second-order valence-corrected chi connectivity index (χ2v) is 5.04. The number of hydrogen-bond donors (Lipinski definition) is 1. The Morgan fingerprint density at radius 2 is 2.00 bits per heavy atom. The van der Waals surface area contributed by atoms with Gasteiger partial charge in [0.1, 0.15) is 12.7 Å². The Morgan fingerprint density at radius 3 is 2.71 bits per heavy atom. The Morgan fingerprint density at radius 1 is 1.29 bits per heavy atom. The number of hydrogen-bond acceptors (Lipinski definition) is 4. The fourth-order valence-electron chi connectivity index (χ4n) is 2.46. The number of aryl methyl sites for hydroxylation is 1. The summed E-state index contributed by atoms with van der Waals surface area (Å²) in [6.07, 6.45) is 3.00. The molecule has 1 saturated heterocycles. The molecule has 1 atom stereocenters. The number of nitrogens with zero attached hydrogens (tertiary/aromatic N) is 4. The maximum absolute atomic E-state index is 12.2. The van der Waals surface area contributed by atoms with Crippen molar-refractivity contribution in [2.24, 2.45) is 5.92 Å². The fourth-order valence-corrected chi connectivity index (χ4v) is 2.46. The van der Waals surface area contributed by atoms with Crippen LogP contribution >= 0.6 is 0 Å². The van der Waals surface area contributed by atoms with E-state index in [0.29, 0.717) is 6.54 Å². The predicted octanol–water partition coefficient (Wildman–Crippen LogP) is 0.710. The minimum atomic E-state index is -0.375. The Labute approximate surface area is 121 Å². The van der Waals surface area contributed by atoms with Gasteiger partial charge in [0.05, 0.1) is 5.92 Å². The molecule has 0 saturated carbocycles. The van der Waals surface area contributed by atoms with Crippen LogP contribution in [-0.4, -0.2) is 33.2 Å². The van der Waals surface area contributed by atoms with Gasteiger partial charge in [-0.3, -0.25) is 15.0 Å². The number of aromatic nitrogens is 3. The molecule has 7 heteroatoms. The number of carbonyl (C=O) groups is 2. The van der Waals surface area contributed by atoms with Crippen molar-refractivity contribution < 1.29 is 9.59 Å². The molecule has 0 radical (unpaired) electrons. The van der Waals surface area contributed by atoms with Crippen LogP contribution in [0.2, 0.25) is 0 Å². The van der Waals surface area contributed by atoms with Crippen LogP contribution in [0.15, 0.2) is 36.9 Å². The average molecular weight is 285 g/mol. The normalized spacial score (nSPS) is 18.0. The van der Waals surface area contributed by atoms with Crippen LogP contribution in [0.5, 0.6) is 0 Å². The van der Waals surface area contributed by atoms with Crippen molar-refractivity contribution >= 4 is 17.5 Å². The lowest BCUT2D eigenvalue weighted by molar-refractivity contribution is -0.123. The minimum absolute atomic E-state index is 0.0341. The van der Waals surface area contributed by atoms with Gasteiger partial charge in [-0.1, -0.05) is 18.2 Å². The highest BCUT2D eigenvalue weighted by molar-refractivity contribution is 6.02. The van der Waals surface area contributed by atoms with E-state index in [2.05, 4.69) is 15.6 Å². The summed E-state index contributed by atoms with van der Waals surface area (Å²) in [4.78, 5) is 26.0. The smallest absolute Gasteiger partial charge is 0.244 e. The summed E-state index contributed by atoms with van der Waals surface area (Å²) >= 11 is 0. The van der Waals surface area contributed by atoms with Gasteiger partial charge in [0.25, 0.3) is 0 Å². The molecule has 0 bridgehead atoms. The predicted molar refractivity (Wildman–Crippen MR) is 76.0 cm³/mol. The van der Waals surface area contributed by atoms with Crippen molar-refractivity contribution in [2.75, 3.05) is 16.9 Å². The Bertz CT molecular complexity index is 668. The molecule has 2 aromatic rings. The molecular weight excluding hydrogens is 270 g/mol. The second-order valence-electron chi connectivity index (χ2n) is 5.04. The molecule has 2 heterocycles. The van der Waals surface area contributed by atoms with Crippen LogP contribution in [0.25, 0.3) is 0 Å². The third kappa shape index (κ3) is 2.62. The standard InChI is InChI=1S/C14H15N5O2/c1-10-4-2-3-5-12(10)19-7-11(6-13(19)20)14(21)17-18-8-15-16-9-18/h2-5,8-9,11H,6-7H2,1H3,(H,17,21). The maximum Gasteiger partial charge on any atom is 0.244 e. The van der Waals surface area contributed by atoms with Crippen molar-refractivity contribution in [3.8, 4) is 0 Å². The minimum Gasteiger partial charge on any atom is -0.311 e. The van der Waals surface area contributed by atoms with E-state index in [0.717, 1.165) is 11.3 Å². The van der Waals surface area contributed by atoms with Gasteiger partial charge in [-0.2, -0.15) is 0 Å². The molecule has 1 aliphatic heterocycles. The third-order valence-corrected chi connectivity index (χ3v) is 3.56. The van der Waals surface area contributed by atoms with E-state index in [1.54, 1.807) is 4.90 Å². The van der Waals surface area contributed by atoms with Gasteiger partial charge in [-0.25, -0.2) is 4.68 Å². The maximum atomic E-state index is 12.2. The number of nitrogens with one attached hydrogen (secondary N) is 1. The number of rotatable bonds is 3. The van der Waals surface area contributed by atoms with Crippen LogP contribution in [0, 0.1) is 12.8 Å². The first-order valence-electron chi connectivity index (χ1n) is 6.66. The topological polar surface area (TPSA) is 80.1 Å². The summed E-state index contributed by atoms with van der Waals surface area (Å²) in [5.74, 6) is -0.619. The highest BCUT2D eigenvalue weighted by Crippen LogP contribution is 2.27. The number of anilines is 1.